The van der Waals surface area contributed by atoms with Gasteiger partial charge in [-0.3, -0.25) is 4.79 Å². The van der Waals surface area contributed by atoms with Crippen LogP contribution in [0.4, 0.5) is 4.39 Å². The molecule has 1 aliphatic carbocycles. The number of benzene rings is 1. The smallest absolute Gasteiger partial charge is 0.275 e. The molecule has 134 valence electrons. The summed E-state index contributed by atoms with van der Waals surface area (Å²) in [6, 6.07) is 5.36. The Labute approximate surface area is 149 Å². The van der Waals surface area contributed by atoms with Crippen LogP contribution in [0.15, 0.2) is 40.0 Å². The summed E-state index contributed by atoms with van der Waals surface area (Å²) >= 11 is 6.03. The molecule has 1 fully saturated rings. The van der Waals surface area contributed by atoms with E-state index in [2.05, 4.69) is 5.32 Å². The molecule has 1 aliphatic rings. The van der Waals surface area contributed by atoms with Gasteiger partial charge in [0.25, 0.3) is 15.9 Å². The number of carbonyl (C=O) groups excluding carboxylic acids is 1. The van der Waals surface area contributed by atoms with E-state index in [1.807, 2.05) is 0 Å². The number of amides is 1. The number of halogens is 2. The molecule has 0 bridgehead atoms. The lowest BCUT2D eigenvalue weighted by Gasteiger charge is -2.07. The summed E-state index contributed by atoms with van der Waals surface area (Å²) in [5.41, 5.74) is 0.475. The van der Waals surface area contributed by atoms with E-state index in [9.17, 15) is 17.6 Å². The van der Waals surface area contributed by atoms with Gasteiger partial charge in [0.2, 0.25) is 5.09 Å². The summed E-state index contributed by atoms with van der Waals surface area (Å²) in [6.45, 7) is 0. The fraction of sp³-hybridized carbons (Fsp3) is 0.312. The lowest BCUT2D eigenvalue weighted by molar-refractivity contribution is 0.0949. The molecule has 6 nitrogen and oxygen atoms in total. The highest BCUT2D eigenvalue weighted by atomic mass is 35.5. The SMILES string of the molecule is CN(C)S(=O)(=O)c1cc(C(=O)N[C@@H]2C[C@@H]2c2c(F)cccc2Cl)co1. The monoisotopic (exact) mass is 386 g/mol. The Balaban J connectivity index is 1.70. The number of furan rings is 1. The molecule has 1 aromatic heterocycles. The lowest BCUT2D eigenvalue weighted by Crippen LogP contribution is -2.26. The van der Waals surface area contributed by atoms with E-state index in [0.717, 1.165) is 16.6 Å². The lowest BCUT2D eigenvalue weighted by atomic mass is 10.1. The molecule has 1 aromatic carbocycles. The fourth-order valence-electron chi connectivity index (χ4n) is 2.54. The summed E-state index contributed by atoms with van der Waals surface area (Å²) in [5.74, 6) is -1.09. The van der Waals surface area contributed by atoms with Crippen molar-refractivity contribution < 1.29 is 22.0 Å². The Hall–Kier alpha value is -1.90. The van der Waals surface area contributed by atoms with Crippen LogP contribution in [-0.4, -0.2) is 38.8 Å². The molecule has 25 heavy (non-hydrogen) atoms. The van der Waals surface area contributed by atoms with Crippen LogP contribution in [0.2, 0.25) is 5.02 Å². The molecule has 0 spiro atoms. The molecule has 0 aliphatic heterocycles. The van der Waals surface area contributed by atoms with Crippen LogP contribution in [0.5, 0.6) is 0 Å². The second kappa shape index (κ2) is 6.44. The first-order chi connectivity index (χ1) is 11.7. The minimum Gasteiger partial charge on any atom is -0.451 e. The highest BCUT2D eigenvalue weighted by molar-refractivity contribution is 7.88. The maximum Gasteiger partial charge on any atom is 0.275 e. The molecule has 1 amide bonds. The van der Waals surface area contributed by atoms with E-state index in [1.165, 1.54) is 26.2 Å². The Bertz CT molecular complexity index is 906. The van der Waals surface area contributed by atoms with Gasteiger partial charge in [-0.1, -0.05) is 17.7 Å². The molecule has 0 unspecified atom stereocenters. The van der Waals surface area contributed by atoms with Crippen molar-refractivity contribution in [3.05, 3.63) is 52.5 Å². The zero-order valence-corrected chi connectivity index (χ0v) is 15.1. The second-order valence-corrected chi connectivity index (χ2v) is 8.49. The highest BCUT2D eigenvalue weighted by Gasteiger charge is 2.42. The van der Waals surface area contributed by atoms with Gasteiger partial charge in [-0.25, -0.2) is 17.1 Å². The van der Waals surface area contributed by atoms with Crippen molar-refractivity contribution in [1.29, 1.82) is 0 Å². The van der Waals surface area contributed by atoms with Gasteiger partial charge in [0, 0.05) is 42.7 Å². The van der Waals surface area contributed by atoms with Crippen molar-refractivity contribution in [3.8, 4) is 0 Å². The van der Waals surface area contributed by atoms with Crippen LogP contribution in [0.3, 0.4) is 0 Å². The minimum atomic E-state index is -3.75. The molecule has 9 heteroatoms. The third-order valence-electron chi connectivity index (χ3n) is 4.05. The zero-order chi connectivity index (χ0) is 18.4. The molecule has 2 atom stereocenters. The molecule has 1 N–H and O–H groups in total. The van der Waals surface area contributed by atoms with Gasteiger partial charge in [0.05, 0.1) is 5.56 Å². The van der Waals surface area contributed by atoms with E-state index in [0.29, 0.717) is 17.0 Å². The van der Waals surface area contributed by atoms with Crippen LogP contribution >= 0.6 is 11.6 Å². The summed E-state index contributed by atoms with van der Waals surface area (Å²) in [5, 5.41) is 2.75. The normalized spacial score (nSPS) is 19.9. The van der Waals surface area contributed by atoms with Crippen molar-refractivity contribution in [1.82, 2.24) is 9.62 Å². The number of sulfonamides is 1. The number of hydrogen-bond acceptors (Lipinski definition) is 4. The second-order valence-electron chi connectivity index (χ2n) is 6.00. The van der Waals surface area contributed by atoms with Crippen LogP contribution in [0.1, 0.15) is 28.3 Å². The summed E-state index contributed by atoms with van der Waals surface area (Å²) in [4.78, 5) is 12.2. The summed E-state index contributed by atoms with van der Waals surface area (Å²) < 4.78 is 43.8. The average Bonchev–Trinajstić information content (AvgIpc) is 3.09. The van der Waals surface area contributed by atoms with Gasteiger partial charge in [-0.15, -0.1) is 0 Å². The topological polar surface area (TPSA) is 79.6 Å². The standard InChI is InChI=1S/C16H16ClFN2O4S/c1-20(2)25(22,23)14-6-9(8-24-14)16(21)19-13-7-10(13)15-11(17)4-3-5-12(15)18/h3-6,8,10,13H,7H2,1-2H3,(H,19,21)/t10-,13+/m0/s1. The predicted molar refractivity (Wildman–Crippen MR) is 89.6 cm³/mol. The first-order valence-electron chi connectivity index (χ1n) is 7.47. The molecule has 1 saturated carbocycles. The molecule has 0 radical (unpaired) electrons. The highest BCUT2D eigenvalue weighted by Crippen LogP contribution is 2.45. The van der Waals surface area contributed by atoms with Gasteiger partial charge in [0.1, 0.15) is 12.1 Å². The summed E-state index contributed by atoms with van der Waals surface area (Å²) in [7, 11) is -1.02. The molecule has 1 heterocycles. The van der Waals surface area contributed by atoms with Crippen molar-refractivity contribution in [2.24, 2.45) is 0 Å². The van der Waals surface area contributed by atoms with E-state index < -0.39 is 21.7 Å². The Kier molecular flexibility index (Phi) is 4.61. The third-order valence-corrected chi connectivity index (χ3v) is 6.06. The Morgan fingerprint density at radius 3 is 2.76 bits per heavy atom. The number of nitrogens with one attached hydrogen (secondary N) is 1. The number of nitrogens with zero attached hydrogens (tertiary/aromatic N) is 1. The largest absolute Gasteiger partial charge is 0.451 e. The molecule has 0 saturated heterocycles. The third kappa shape index (κ3) is 3.42. The maximum atomic E-state index is 13.9. The maximum absolute atomic E-state index is 13.9. The number of carbonyl (C=O) groups is 1. The van der Waals surface area contributed by atoms with E-state index in [-0.39, 0.29) is 22.6 Å². The van der Waals surface area contributed by atoms with Gasteiger partial charge in [-0.2, -0.15) is 0 Å². The van der Waals surface area contributed by atoms with Crippen molar-refractivity contribution in [2.75, 3.05) is 14.1 Å². The molecule has 2 aromatic rings. The van der Waals surface area contributed by atoms with Gasteiger partial charge < -0.3 is 9.73 Å². The predicted octanol–water partition coefficient (Wildman–Crippen LogP) is 2.61. The number of rotatable bonds is 5. The van der Waals surface area contributed by atoms with Crippen LogP contribution in [0.25, 0.3) is 0 Å². The van der Waals surface area contributed by atoms with Gasteiger partial charge in [0.15, 0.2) is 0 Å². The summed E-state index contributed by atoms with van der Waals surface area (Å²) in [6.07, 6.45) is 1.65. The molecule has 3 rings (SSSR count). The van der Waals surface area contributed by atoms with E-state index in [1.54, 1.807) is 6.07 Å². The minimum absolute atomic E-state index is 0.0886. The van der Waals surface area contributed by atoms with Crippen LogP contribution in [0, 0.1) is 5.82 Å². The average molecular weight is 387 g/mol. The molecular formula is C16H16ClFN2O4S. The van der Waals surface area contributed by atoms with Crippen molar-refractivity contribution >= 4 is 27.5 Å². The molecular weight excluding hydrogens is 371 g/mol. The number of hydrogen-bond donors (Lipinski definition) is 1. The van der Waals surface area contributed by atoms with Crippen LogP contribution < -0.4 is 5.32 Å². The van der Waals surface area contributed by atoms with Gasteiger partial charge in [-0.05, 0) is 18.6 Å². The Morgan fingerprint density at radius 2 is 2.12 bits per heavy atom. The van der Waals surface area contributed by atoms with E-state index >= 15 is 0 Å². The van der Waals surface area contributed by atoms with Gasteiger partial charge >= 0.3 is 0 Å². The first kappa shape index (κ1) is 17.9. The van der Waals surface area contributed by atoms with E-state index in [4.69, 9.17) is 16.0 Å². The first-order valence-corrected chi connectivity index (χ1v) is 9.29. The van der Waals surface area contributed by atoms with Crippen molar-refractivity contribution in [2.45, 2.75) is 23.5 Å². The zero-order valence-electron chi connectivity index (χ0n) is 13.5. The Morgan fingerprint density at radius 1 is 1.40 bits per heavy atom. The van der Waals surface area contributed by atoms with Crippen LogP contribution in [-0.2, 0) is 10.0 Å². The van der Waals surface area contributed by atoms with Crippen molar-refractivity contribution in [3.63, 3.8) is 0 Å². The fourth-order valence-corrected chi connectivity index (χ4v) is 3.65. The quantitative estimate of drug-likeness (QED) is 0.856.